The molecule has 0 bridgehead atoms. The number of hydrogen-bond donors (Lipinski definition) is 1. The number of aliphatic imine (C=N–C) groups is 1. The summed E-state index contributed by atoms with van der Waals surface area (Å²) in [6.45, 7) is 1.85. The second-order valence-electron chi connectivity index (χ2n) is 7.51. The normalized spacial score (nSPS) is 21.3. The van der Waals surface area contributed by atoms with Crippen molar-refractivity contribution in [3.05, 3.63) is 75.5 Å². The third-order valence-electron chi connectivity index (χ3n) is 5.50. The van der Waals surface area contributed by atoms with Crippen LogP contribution in [0.25, 0.3) is 0 Å². The minimum atomic E-state index is -0.945. The minimum absolute atomic E-state index is 0.0411. The zero-order valence-electron chi connectivity index (χ0n) is 16.0. The molecule has 1 aromatic heterocycles. The number of nitrogens with zero attached hydrogens (tertiary/aromatic N) is 2. The fourth-order valence-corrected chi connectivity index (χ4v) is 4.15. The Morgan fingerprint density at radius 3 is 2.83 bits per heavy atom. The van der Waals surface area contributed by atoms with Crippen molar-refractivity contribution in [2.75, 3.05) is 0 Å². The molecule has 0 saturated carbocycles. The molecule has 0 spiro atoms. The van der Waals surface area contributed by atoms with Crippen LogP contribution in [0, 0.1) is 5.82 Å². The van der Waals surface area contributed by atoms with Crippen LogP contribution in [-0.4, -0.2) is 16.8 Å². The molecule has 29 heavy (non-hydrogen) atoms. The molecule has 2 N–H and O–H groups in total. The molecule has 4 rings (SSSR count). The lowest BCUT2D eigenvalue weighted by atomic mass is 9.77. The van der Waals surface area contributed by atoms with E-state index >= 15 is 0 Å². The fourth-order valence-electron chi connectivity index (χ4n) is 4.04. The summed E-state index contributed by atoms with van der Waals surface area (Å²) >= 11 is 5.83. The average Bonchev–Trinajstić information content (AvgIpc) is 2.69. The predicted molar refractivity (Wildman–Crippen MR) is 109 cm³/mol. The molecule has 0 fully saturated rings. The Balaban J connectivity index is 1.69. The van der Waals surface area contributed by atoms with Gasteiger partial charge in [0.2, 0.25) is 0 Å². The molecule has 2 aromatic rings. The lowest BCUT2D eigenvalue weighted by Gasteiger charge is -2.37. The van der Waals surface area contributed by atoms with Gasteiger partial charge in [0.25, 0.3) is 6.02 Å². The molecular weight excluding hydrogens is 393 g/mol. The highest BCUT2D eigenvalue weighted by Crippen LogP contribution is 2.45. The predicted octanol–water partition coefficient (Wildman–Crippen LogP) is 4.69. The standard InChI is InChI=1S/C22H21ClFN3O2/c1-22(15-4-2-3-5-20(15)29-21(25)27-22)16-10-13(6-8-17(16)24)11-19(28)18-9-7-14(23)12-26-18/h6-10,12H,2-5,11H2,1H3,(H2,25,27)/t22-/m0/s1. The topological polar surface area (TPSA) is 77.6 Å². The Morgan fingerprint density at radius 2 is 2.07 bits per heavy atom. The molecule has 1 aliphatic carbocycles. The summed E-state index contributed by atoms with van der Waals surface area (Å²) in [6.07, 6.45) is 5.08. The summed E-state index contributed by atoms with van der Waals surface area (Å²) in [5.74, 6) is 0.235. The molecule has 150 valence electrons. The number of Topliss-reactive ketones (excluding diaryl/α,β-unsaturated/α-hetero) is 1. The number of halogens is 2. The van der Waals surface area contributed by atoms with E-state index in [1.165, 1.54) is 12.3 Å². The second-order valence-corrected chi connectivity index (χ2v) is 7.95. The van der Waals surface area contributed by atoms with Crippen LogP contribution >= 0.6 is 11.6 Å². The average molecular weight is 414 g/mol. The molecule has 1 aliphatic heterocycles. The second kappa shape index (κ2) is 7.59. The summed E-state index contributed by atoms with van der Waals surface area (Å²) < 4.78 is 20.5. The minimum Gasteiger partial charge on any atom is -0.431 e. The molecule has 0 unspecified atom stereocenters. The van der Waals surface area contributed by atoms with E-state index in [1.54, 1.807) is 24.3 Å². The largest absolute Gasteiger partial charge is 0.431 e. The first-order valence-corrected chi connectivity index (χ1v) is 9.94. The number of ether oxygens (including phenoxy) is 1. The van der Waals surface area contributed by atoms with Gasteiger partial charge in [0.1, 0.15) is 22.8 Å². The molecule has 0 radical (unpaired) electrons. The summed E-state index contributed by atoms with van der Waals surface area (Å²) in [4.78, 5) is 21.1. The van der Waals surface area contributed by atoms with Crippen LogP contribution in [0.15, 0.2) is 52.9 Å². The van der Waals surface area contributed by atoms with Crippen molar-refractivity contribution in [2.45, 2.75) is 44.6 Å². The van der Waals surface area contributed by atoms with E-state index in [4.69, 9.17) is 22.1 Å². The van der Waals surface area contributed by atoms with Crippen LogP contribution in [0.3, 0.4) is 0 Å². The lowest BCUT2D eigenvalue weighted by molar-refractivity contribution is 0.0988. The van der Waals surface area contributed by atoms with E-state index in [0.717, 1.165) is 37.0 Å². The Labute approximate surface area is 173 Å². The van der Waals surface area contributed by atoms with Gasteiger partial charge in [0, 0.05) is 30.2 Å². The van der Waals surface area contributed by atoms with Gasteiger partial charge in [-0.2, -0.15) is 0 Å². The maximum atomic E-state index is 14.9. The maximum Gasteiger partial charge on any atom is 0.288 e. The first-order valence-electron chi connectivity index (χ1n) is 9.56. The van der Waals surface area contributed by atoms with Gasteiger partial charge >= 0.3 is 0 Å². The number of pyridine rings is 1. The van der Waals surface area contributed by atoms with Crippen LogP contribution < -0.4 is 5.73 Å². The number of rotatable bonds is 4. The molecule has 1 atom stereocenters. The van der Waals surface area contributed by atoms with Crippen molar-refractivity contribution in [1.82, 2.24) is 4.98 Å². The van der Waals surface area contributed by atoms with Crippen LogP contribution in [-0.2, 0) is 16.7 Å². The first-order chi connectivity index (χ1) is 13.9. The Bertz CT molecular complexity index is 1030. The summed E-state index contributed by atoms with van der Waals surface area (Å²) in [6, 6.07) is 7.93. The number of ketones is 1. The van der Waals surface area contributed by atoms with E-state index in [0.29, 0.717) is 21.8 Å². The van der Waals surface area contributed by atoms with Crippen LogP contribution in [0.1, 0.15) is 54.2 Å². The van der Waals surface area contributed by atoms with Gasteiger partial charge < -0.3 is 10.5 Å². The number of carbonyl (C=O) groups is 1. The van der Waals surface area contributed by atoms with Crippen LogP contribution in [0.4, 0.5) is 4.39 Å². The van der Waals surface area contributed by atoms with E-state index in [9.17, 15) is 9.18 Å². The molecule has 0 amide bonds. The highest BCUT2D eigenvalue weighted by Gasteiger charge is 2.40. The van der Waals surface area contributed by atoms with Crippen molar-refractivity contribution >= 4 is 23.4 Å². The van der Waals surface area contributed by atoms with Gasteiger partial charge in [-0.15, -0.1) is 0 Å². The van der Waals surface area contributed by atoms with Crippen LogP contribution in [0.5, 0.6) is 0 Å². The first kappa shape index (κ1) is 19.6. The van der Waals surface area contributed by atoms with E-state index in [-0.39, 0.29) is 24.0 Å². The van der Waals surface area contributed by atoms with Gasteiger partial charge in [0.15, 0.2) is 5.78 Å². The number of hydrogen-bond acceptors (Lipinski definition) is 5. The van der Waals surface area contributed by atoms with Gasteiger partial charge in [-0.25, -0.2) is 9.38 Å². The number of aromatic nitrogens is 1. The maximum absolute atomic E-state index is 14.9. The SMILES string of the molecule is C[C@]1(c2cc(CC(=O)c3ccc(Cl)cn3)ccc2F)N=C(N)OC2=C1CCCC2. The molecule has 2 heterocycles. The quantitative estimate of drug-likeness (QED) is 0.737. The number of allylic oxidation sites excluding steroid dienone is 1. The lowest BCUT2D eigenvalue weighted by Crippen LogP contribution is -2.36. The van der Waals surface area contributed by atoms with Crippen molar-refractivity contribution in [3.63, 3.8) is 0 Å². The van der Waals surface area contributed by atoms with Gasteiger partial charge in [-0.05, 0) is 56.0 Å². The van der Waals surface area contributed by atoms with Crippen molar-refractivity contribution < 1.29 is 13.9 Å². The molecule has 5 nitrogen and oxygen atoms in total. The molecular formula is C22H21ClFN3O2. The fraction of sp³-hybridized carbons (Fsp3) is 0.318. The number of amidine groups is 1. The van der Waals surface area contributed by atoms with E-state index < -0.39 is 5.54 Å². The summed E-state index contributed by atoms with van der Waals surface area (Å²) in [7, 11) is 0. The van der Waals surface area contributed by atoms with Gasteiger partial charge in [-0.3, -0.25) is 9.78 Å². The number of nitrogens with two attached hydrogens (primary N) is 1. The van der Waals surface area contributed by atoms with Crippen LogP contribution in [0.2, 0.25) is 5.02 Å². The van der Waals surface area contributed by atoms with Crippen molar-refractivity contribution in [1.29, 1.82) is 0 Å². The smallest absolute Gasteiger partial charge is 0.288 e. The van der Waals surface area contributed by atoms with Crippen molar-refractivity contribution in [3.8, 4) is 0 Å². The van der Waals surface area contributed by atoms with Gasteiger partial charge in [0.05, 0.1) is 5.02 Å². The van der Waals surface area contributed by atoms with Crippen molar-refractivity contribution in [2.24, 2.45) is 10.7 Å². The molecule has 2 aliphatic rings. The van der Waals surface area contributed by atoms with Gasteiger partial charge in [-0.1, -0.05) is 17.7 Å². The summed E-state index contributed by atoms with van der Waals surface area (Å²) in [5.41, 5.74) is 7.32. The number of benzene rings is 1. The highest BCUT2D eigenvalue weighted by molar-refractivity contribution is 6.30. The highest BCUT2D eigenvalue weighted by atomic mass is 35.5. The molecule has 1 aromatic carbocycles. The number of carbonyl (C=O) groups excluding carboxylic acids is 1. The zero-order chi connectivity index (χ0) is 20.6. The molecule has 7 heteroatoms. The monoisotopic (exact) mass is 413 g/mol. The Kier molecular flexibility index (Phi) is 5.13. The third-order valence-corrected chi connectivity index (χ3v) is 5.72. The van der Waals surface area contributed by atoms with E-state index in [2.05, 4.69) is 9.98 Å². The summed E-state index contributed by atoms with van der Waals surface area (Å²) in [5, 5.41) is 0.463. The Morgan fingerprint density at radius 1 is 1.28 bits per heavy atom. The molecule has 0 saturated heterocycles. The zero-order valence-corrected chi connectivity index (χ0v) is 16.8. The van der Waals surface area contributed by atoms with E-state index in [1.807, 2.05) is 6.92 Å². The Hall–Kier alpha value is -2.73. The third kappa shape index (κ3) is 3.77.